The van der Waals surface area contributed by atoms with Crippen molar-refractivity contribution in [2.24, 2.45) is 0 Å². The first kappa shape index (κ1) is 15.4. The molecule has 2 rings (SSSR count). The molecule has 2 atom stereocenters. The Morgan fingerprint density at radius 1 is 1.10 bits per heavy atom. The molecule has 20 heavy (non-hydrogen) atoms. The van der Waals surface area contributed by atoms with E-state index in [1.165, 1.54) is 0 Å². The number of hydrogen-bond acceptors (Lipinski definition) is 5. The van der Waals surface area contributed by atoms with Gasteiger partial charge in [0.15, 0.2) is 0 Å². The van der Waals surface area contributed by atoms with Crippen LogP contribution < -0.4 is 0 Å². The lowest BCUT2D eigenvalue weighted by Gasteiger charge is -2.29. The van der Waals surface area contributed by atoms with Gasteiger partial charge in [-0.05, 0) is 11.1 Å². The van der Waals surface area contributed by atoms with Crippen molar-refractivity contribution in [2.45, 2.75) is 25.2 Å². The Kier molecular flexibility index (Phi) is 5.94. The molecule has 0 saturated carbocycles. The van der Waals surface area contributed by atoms with Crippen LogP contribution in [0.2, 0.25) is 0 Å². The van der Waals surface area contributed by atoms with Gasteiger partial charge in [-0.2, -0.15) is 0 Å². The molecule has 1 aliphatic rings. The van der Waals surface area contributed by atoms with Gasteiger partial charge in [0.25, 0.3) is 0 Å². The normalized spacial score (nSPS) is 19.8. The average Bonchev–Trinajstić information content (AvgIpc) is 2.48. The maximum atomic E-state index is 10.1. The van der Waals surface area contributed by atoms with Crippen molar-refractivity contribution < 1.29 is 20.1 Å². The molecular formula is C15H23NO4. The molecule has 5 heteroatoms. The zero-order valence-electron chi connectivity index (χ0n) is 11.6. The number of benzene rings is 1. The predicted octanol–water partition coefficient (Wildman–Crippen LogP) is 0.295. The highest BCUT2D eigenvalue weighted by molar-refractivity contribution is 5.23. The molecule has 1 aromatic carbocycles. The molecular weight excluding hydrogens is 258 g/mol. The number of morpholine rings is 1. The minimum atomic E-state index is -0.682. The molecule has 1 fully saturated rings. The van der Waals surface area contributed by atoms with Gasteiger partial charge in [0.1, 0.15) is 0 Å². The Bertz CT molecular complexity index is 389. The van der Waals surface area contributed by atoms with Crippen LogP contribution in [0.3, 0.4) is 0 Å². The van der Waals surface area contributed by atoms with Crippen LogP contribution in [0, 0.1) is 0 Å². The monoisotopic (exact) mass is 281 g/mol. The second kappa shape index (κ2) is 7.71. The molecule has 0 unspecified atom stereocenters. The van der Waals surface area contributed by atoms with Gasteiger partial charge in [0.05, 0.1) is 32.0 Å². The highest BCUT2D eigenvalue weighted by atomic mass is 16.5. The van der Waals surface area contributed by atoms with E-state index in [-0.39, 0.29) is 6.61 Å². The van der Waals surface area contributed by atoms with E-state index in [9.17, 15) is 10.2 Å². The third-order valence-corrected chi connectivity index (χ3v) is 3.62. The van der Waals surface area contributed by atoms with Crippen LogP contribution in [-0.4, -0.2) is 59.2 Å². The largest absolute Gasteiger partial charge is 0.392 e. The van der Waals surface area contributed by atoms with Crippen LogP contribution in [0.5, 0.6) is 0 Å². The maximum absolute atomic E-state index is 10.1. The molecule has 0 radical (unpaired) electrons. The third kappa shape index (κ3) is 4.54. The fraction of sp³-hybridized carbons (Fsp3) is 0.600. The highest BCUT2D eigenvalue weighted by Crippen LogP contribution is 2.19. The number of β-amino-alcohol motifs (C(OH)–C–C–N with tert-alkyl or cyclic N) is 1. The topological polar surface area (TPSA) is 73.2 Å². The van der Waals surface area contributed by atoms with Crippen molar-refractivity contribution in [3.63, 3.8) is 0 Å². The first-order chi connectivity index (χ1) is 9.69. The van der Waals surface area contributed by atoms with Crippen LogP contribution in [0.15, 0.2) is 24.3 Å². The molecule has 1 saturated heterocycles. The highest BCUT2D eigenvalue weighted by Gasteiger charge is 2.18. The van der Waals surface area contributed by atoms with Crippen molar-refractivity contribution in [1.82, 2.24) is 4.90 Å². The second-order valence-electron chi connectivity index (χ2n) is 5.22. The molecule has 5 nitrogen and oxygen atoms in total. The van der Waals surface area contributed by atoms with E-state index in [0.717, 1.165) is 24.2 Å². The minimum absolute atomic E-state index is 0.00394. The molecule has 1 heterocycles. The smallest absolute Gasteiger partial charge is 0.0815 e. The quantitative estimate of drug-likeness (QED) is 0.699. The summed E-state index contributed by atoms with van der Waals surface area (Å²) in [5.74, 6) is 0. The summed E-state index contributed by atoms with van der Waals surface area (Å²) in [6, 6.07) is 7.15. The number of ether oxygens (including phenoxy) is 1. The summed E-state index contributed by atoms with van der Waals surface area (Å²) in [6.45, 7) is 3.64. The van der Waals surface area contributed by atoms with Crippen LogP contribution in [-0.2, 0) is 11.3 Å². The van der Waals surface area contributed by atoms with Gasteiger partial charge in [-0.3, -0.25) is 4.90 Å². The van der Waals surface area contributed by atoms with Crippen LogP contribution in [0.25, 0.3) is 0 Å². The average molecular weight is 281 g/mol. The number of nitrogens with zero attached hydrogens (tertiary/aromatic N) is 1. The lowest BCUT2D eigenvalue weighted by Crippen LogP contribution is -2.41. The molecule has 0 bridgehead atoms. The lowest BCUT2D eigenvalue weighted by molar-refractivity contribution is 0.00216. The Morgan fingerprint density at radius 2 is 1.75 bits per heavy atom. The fourth-order valence-corrected chi connectivity index (χ4v) is 2.40. The fourth-order valence-electron chi connectivity index (χ4n) is 2.40. The Balaban J connectivity index is 1.81. The van der Waals surface area contributed by atoms with Gasteiger partial charge in [0.2, 0.25) is 0 Å². The van der Waals surface area contributed by atoms with E-state index in [2.05, 4.69) is 4.90 Å². The Hall–Kier alpha value is -0.980. The van der Waals surface area contributed by atoms with Gasteiger partial charge in [0, 0.05) is 26.1 Å². The van der Waals surface area contributed by atoms with Crippen LogP contribution >= 0.6 is 0 Å². The van der Waals surface area contributed by atoms with E-state index >= 15 is 0 Å². The summed E-state index contributed by atoms with van der Waals surface area (Å²) in [4.78, 5) is 2.15. The van der Waals surface area contributed by atoms with Crippen LogP contribution in [0.4, 0.5) is 0 Å². The summed E-state index contributed by atoms with van der Waals surface area (Å²) in [5.41, 5.74) is 1.58. The van der Waals surface area contributed by atoms with Crippen LogP contribution in [0.1, 0.15) is 23.7 Å². The molecule has 3 N–H and O–H groups in total. The molecule has 0 spiro atoms. The standard InChI is InChI=1S/C15H23NO4/c17-11-12-1-3-13(4-2-12)15(19)9-14(18)10-16-5-7-20-8-6-16/h1-4,14-15,17-19H,5-11H2/t14-,15+/m1/s1. The minimum Gasteiger partial charge on any atom is -0.392 e. The molecule has 1 aromatic rings. The number of rotatable bonds is 6. The van der Waals surface area contributed by atoms with Gasteiger partial charge in [-0.25, -0.2) is 0 Å². The van der Waals surface area contributed by atoms with E-state index in [1.54, 1.807) is 24.3 Å². The summed E-state index contributed by atoms with van der Waals surface area (Å²) < 4.78 is 5.26. The zero-order chi connectivity index (χ0) is 14.4. The third-order valence-electron chi connectivity index (χ3n) is 3.62. The number of aliphatic hydroxyl groups excluding tert-OH is 3. The number of hydrogen-bond donors (Lipinski definition) is 3. The van der Waals surface area contributed by atoms with Crippen molar-refractivity contribution in [2.75, 3.05) is 32.8 Å². The lowest BCUT2D eigenvalue weighted by atomic mass is 10.0. The Morgan fingerprint density at radius 3 is 2.35 bits per heavy atom. The van der Waals surface area contributed by atoms with Crippen molar-refractivity contribution in [1.29, 1.82) is 0 Å². The molecule has 0 aliphatic carbocycles. The molecule has 0 amide bonds. The first-order valence-corrected chi connectivity index (χ1v) is 7.05. The Labute approximate surface area is 119 Å². The first-order valence-electron chi connectivity index (χ1n) is 7.05. The summed E-state index contributed by atoms with van der Waals surface area (Å²) in [7, 11) is 0. The second-order valence-corrected chi connectivity index (χ2v) is 5.22. The van der Waals surface area contributed by atoms with Gasteiger partial charge in [-0.15, -0.1) is 0 Å². The maximum Gasteiger partial charge on any atom is 0.0815 e. The van der Waals surface area contributed by atoms with Crippen molar-refractivity contribution in [3.8, 4) is 0 Å². The SMILES string of the molecule is OCc1ccc([C@@H](O)C[C@@H](O)CN2CCOCC2)cc1. The summed E-state index contributed by atoms with van der Waals surface area (Å²) in [5, 5.41) is 29.1. The van der Waals surface area contributed by atoms with E-state index < -0.39 is 12.2 Å². The number of aliphatic hydroxyl groups is 3. The summed E-state index contributed by atoms with van der Waals surface area (Å²) in [6.07, 6.45) is -0.921. The molecule has 0 aromatic heterocycles. The van der Waals surface area contributed by atoms with Gasteiger partial charge < -0.3 is 20.1 Å². The van der Waals surface area contributed by atoms with Crippen molar-refractivity contribution in [3.05, 3.63) is 35.4 Å². The van der Waals surface area contributed by atoms with E-state index in [0.29, 0.717) is 26.2 Å². The van der Waals surface area contributed by atoms with Gasteiger partial charge >= 0.3 is 0 Å². The van der Waals surface area contributed by atoms with E-state index in [1.807, 2.05) is 0 Å². The predicted molar refractivity (Wildman–Crippen MR) is 75.2 cm³/mol. The molecule has 1 aliphatic heterocycles. The van der Waals surface area contributed by atoms with Gasteiger partial charge in [-0.1, -0.05) is 24.3 Å². The summed E-state index contributed by atoms with van der Waals surface area (Å²) >= 11 is 0. The van der Waals surface area contributed by atoms with E-state index in [4.69, 9.17) is 9.84 Å². The molecule has 112 valence electrons. The van der Waals surface area contributed by atoms with Crippen molar-refractivity contribution >= 4 is 0 Å². The zero-order valence-corrected chi connectivity index (χ0v) is 11.6.